The van der Waals surface area contributed by atoms with Gasteiger partial charge < -0.3 is 15.2 Å². The van der Waals surface area contributed by atoms with Gasteiger partial charge in [-0.15, -0.1) is 11.8 Å². The van der Waals surface area contributed by atoms with Crippen LogP contribution in [0, 0.1) is 5.41 Å². The topological polar surface area (TPSA) is 75.6 Å². The van der Waals surface area contributed by atoms with Crippen LogP contribution in [0.2, 0.25) is 5.02 Å². The zero-order valence-corrected chi connectivity index (χ0v) is 15.0. The van der Waals surface area contributed by atoms with Crippen LogP contribution >= 0.6 is 23.4 Å². The van der Waals surface area contributed by atoms with Gasteiger partial charge in [0.2, 0.25) is 5.91 Å². The van der Waals surface area contributed by atoms with Crippen molar-refractivity contribution in [3.63, 3.8) is 0 Å². The van der Waals surface area contributed by atoms with Gasteiger partial charge in [0.1, 0.15) is 0 Å². The third-order valence-electron chi connectivity index (χ3n) is 4.16. The van der Waals surface area contributed by atoms with Crippen molar-refractivity contribution in [3.05, 3.63) is 29.3 Å². The number of amides is 1. The summed E-state index contributed by atoms with van der Waals surface area (Å²) in [5, 5.41) is 12.9. The number of aliphatic carboxylic acids is 1. The molecule has 1 aliphatic rings. The molecule has 5 nitrogen and oxygen atoms in total. The molecule has 1 aromatic rings. The molecule has 2 rings (SSSR count). The van der Waals surface area contributed by atoms with Gasteiger partial charge in [0.25, 0.3) is 0 Å². The second-order valence-corrected chi connectivity index (χ2v) is 7.49. The van der Waals surface area contributed by atoms with Gasteiger partial charge in [-0.05, 0) is 49.3 Å². The van der Waals surface area contributed by atoms with E-state index >= 15 is 0 Å². The van der Waals surface area contributed by atoms with E-state index in [1.165, 1.54) is 0 Å². The summed E-state index contributed by atoms with van der Waals surface area (Å²) < 4.78 is 5.22. The predicted octanol–water partition coefficient (Wildman–Crippen LogP) is 3.21. The molecule has 7 heteroatoms. The van der Waals surface area contributed by atoms with Crippen LogP contribution in [0.5, 0.6) is 0 Å². The molecule has 1 aromatic carbocycles. The third-order valence-corrected chi connectivity index (χ3v) is 5.51. The summed E-state index contributed by atoms with van der Waals surface area (Å²) in [6.07, 6.45) is 2.01. The fourth-order valence-electron chi connectivity index (χ4n) is 2.54. The lowest BCUT2D eigenvalue weighted by Gasteiger charge is -2.33. The fraction of sp³-hybridized carbons (Fsp3) is 0.529. The van der Waals surface area contributed by atoms with E-state index < -0.39 is 11.4 Å². The van der Waals surface area contributed by atoms with Crippen LogP contribution < -0.4 is 5.32 Å². The number of carboxylic acids is 1. The number of halogens is 1. The number of carbonyl (C=O) groups is 2. The van der Waals surface area contributed by atoms with Gasteiger partial charge in [0.15, 0.2) is 0 Å². The van der Waals surface area contributed by atoms with E-state index in [1.54, 1.807) is 11.8 Å². The second kappa shape index (κ2) is 9.30. The van der Waals surface area contributed by atoms with E-state index in [1.807, 2.05) is 24.3 Å². The molecule has 0 aromatic heterocycles. The highest BCUT2D eigenvalue weighted by Gasteiger charge is 2.40. The van der Waals surface area contributed by atoms with Crippen molar-refractivity contribution < 1.29 is 19.4 Å². The largest absolute Gasteiger partial charge is 0.481 e. The first-order valence-electron chi connectivity index (χ1n) is 7.98. The van der Waals surface area contributed by atoms with Gasteiger partial charge in [0.05, 0.1) is 5.41 Å². The molecule has 24 heavy (non-hydrogen) atoms. The second-order valence-electron chi connectivity index (χ2n) is 5.88. The summed E-state index contributed by atoms with van der Waals surface area (Å²) >= 11 is 7.51. The molecule has 2 N–H and O–H groups in total. The number of thioether (sulfide) groups is 1. The number of carboxylic acid groups (broad SMARTS) is 1. The number of hydrogen-bond donors (Lipinski definition) is 2. The van der Waals surface area contributed by atoms with Gasteiger partial charge in [-0.25, -0.2) is 0 Å². The Morgan fingerprint density at radius 3 is 2.54 bits per heavy atom. The molecule has 0 saturated carbocycles. The standard InChI is InChI=1S/C17H22ClNO4S/c18-13-3-5-14(6-4-13)24-11-1-2-15(20)19-12-17(16(21)22)7-9-23-10-8-17/h3-6H,1-2,7-12H2,(H,19,20)(H,21,22). The molecule has 0 unspecified atom stereocenters. The third kappa shape index (κ3) is 5.69. The van der Waals surface area contributed by atoms with Crippen molar-refractivity contribution in [3.8, 4) is 0 Å². The zero-order valence-electron chi connectivity index (χ0n) is 13.4. The van der Waals surface area contributed by atoms with Gasteiger partial charge in [-0.2, -0.15) is 0 Å². The average Bonchev–Trinajstić information content (AvgIpc) is 2.59. The number of rotatable bonds is 8. The summed E-state index contributed by atoms with van der Waals surface area (Å²) in [5.74, 6) is -0.129. The Hall–Kier alpha value is -1.24. The monoisotopic (exact) mass is 371 g/mol. The molecule has 1 heterocycles. The predicted molar refractivity (Wildman–Crippen MR) is 94.5 cm³/mol. The quantitative estimate of drug-likeness (QED) is 0.542. The van der Waals surface area contributed by atoms with Gasteiger partial charge >= 0.3 is 5.97 Å². The maximum absolute atomic E-state index is 11.9. The van der Waals surface area contributed by atoms with Crippen molar-refractivity contribution in [2.24, 2.45) is 5.41 Å². The first-order chi connectivity index (χ1) is 11.5. The zero-order chi connectivity index (χ0) is 17.4. The molecule has 0 radical (unpaired) electrons. The Morgan fingerprint density at radius 2 is 1.92 bits per heavy atom. The maximum atomic E-state index is 11.9. The van der Waals surface area contributed by atoms with Crippen LogP contribution in [0.3, 0.4) is 0 Å². The Morgan fingerprint density at radius 1 is 1.25 bits per heavy atom. The number of hydrogen-bond acceptors (Lipinski definition) is 4. The molecule has 1 aliphatic heterocycles. The van der Waals surface area contributed by atoms with Gasteiger partial charge in [0, 0.05) is 36.1 Å². The molecule has 132 valence electrons. The van der Waals surface area contributed by atoms with Gasteiger partial charge in [-0.1, -0.05) is 11.6 Å². The van der Waals surface area contributed by atoms with E-state index in [2.05, 4.69) is 5.32 Å². The minimum atomic E-state index is -0.883. The van der Waals surface area contributed by atoms with E-state index in [-0.39, 0.29) is 12.5 Å². The Balaban J connectivity index is 1.67. The van der Waals surface area contributed by atoms with Crippen molar-refractivity contribution in [2.75, 3.05) is 25.5 Å². The molecule has 1 fully saturated rings. The highest BCUT2D eigenvalue weighted by Crippen LogP contribution is 2.30. The summed E-state index contributed by atoms with van der Waals surface area (Å²) in [6, 6.07) is 7.59. The Kier molecular flexibility index (Phi) is 7.40. The Labute approximate surface area is 151 Å². The van der Waals surface area contributed by atoms with Crippen molar-refractivity contribution >= 4 is 35.2 Å². The number of carbonyl (C=O) groups excluding carboxylic acids is 1. The normalized spacial score (nSPS) is 16.5. The lowest BCUT2D eigenvalue weighted by molar-refractivity contribution is -0.154. The first-order valence-corrected chi connectivity index (χ1v) is 9.34. The molecular weight excluding hydrogens is 350 g/mol. The van der Waals surface area contributed by atoms with E-state index in [4.69, 9.17) is 16.3 Å². The van der Waals surface area contributed by atoms with Gasteiger partial charge in [-0.3, -0.25) is 9.59 Å². The summed E-state index contributed by atoms with van der Waals surface area (Å²) in [5.41, 5.74) is -0.883. The highest BCUT2D eigenvalue weighted by atomic mass is 35.5. The molecule has 0 bridgehead atoms. The number of benzene rings is 1. The molecule has 1 saturated heterocycles. The average molecular weight is 372 g/mol. The van der Waals surface area contributed by atoms with E-state index in [0.29, 0.717) is 37.5 Å². The lowest BCUT2D eigenvalue weighted by Crippen LogP contribution is -2.46. The maximum Gasteiger partial charge on any atom is 0.311 e. The summed E-state index contributed by atoms with van der Waals surface area (Å²) in [7, 11) is 0. The molecular formula is C17H22ClNO4S. The van der Waals surface area contributed by atoms with Crippen molar-refractivity contribution in [2.45, 2.75) is 30.6 Å². The lowest BCUT2D eigenvalue weighted by atomic mass is 9.80. The number of ether oxygens (including phenoxy) is 1. The van der Waals surface area contributed by atoms with Crippen LogP contribution in [-0.2, 0) is 14.3 Å². The van der Waals surface area contributed by atoms with Crippen molar-refractivity contribution in [1.82, 2.24) is 5.32 Å². The fourth-order valence-corrected chi connectivity index (χ4v) is 3.52. The van der Waals surface area contributed by atoms with Crippen LogP contribution in [0.1, 0.15) is 25.7 Å². The highest BCUT2D eigenvalue weighted by molar-refractivity contribution is 7.99. The number of nitrogens with one attached hydrogen (secondary N) is 1. The summed E-state index contributed by atoms with van der Waals surface area (Å²) in [6.45, 7) is 1.04. The van der Waals surface area contributed by atoms with Crippen molar-refractivity contribution in [1.29, 1.82) is 0 Å². The minimum absolute atomic E-state index is 0.0983. The molecule has 0 atom stereocenters. The van der Waals surface area contributed by atoms with E-state index in [0.717, 1.165) is 17.1 Å². The van der Waals surface area contributed by atoms with E-state index in [9.17, 15) is 14.7 Å². The smallest absolute Gasteiger partial charge is 0.311 e. The minimum Gasteiger partial charge on any atom is -0.481 e. The van der Waals surface area contributed by atoms with Crippen LogP contribution in [0.15, 0.2) is 29.2 Å². The molecule has 1 amide bonds. The Bertz CT molecular complexity index is 558. The summed E-state index contributed by atoms with van der Waals surface area (Å²) in [4.78, 5) is 24.6. The van der Waals surface area contributed by atoms with Crippen LogP contribution in [0.4, 0.5) is 0 Å². The first kappa shape index (κ1) is 19.1. The van der Waals surface area contributed by atoms with Crippen LogP contribution in [-0.4, -0.2) is 42.5 Å². The molecule has 0 aliphatic carbocycles. The SMILES string of the molecule is O=C(CCCSc1ccc(Cl)cc1)NCC1(C(=O)O)CCOCC1. The molecule has 0 spiro atoms. The van der Waals surface area contributed by atoms with Crippen LogP contribution in [0.25, 0.3) is 0 Å².